The van der Waals surface area contributed by atoms with Crippen LogP contribution in [0.1, 0.15) is 31.7 Å². The number of carbonyl (C=O) groups excluding carboxylic acids is 1. The van der Waals surface area contributed by atoms with Crippen molar-refractivity contribution in [3.8, 4) is 0 Å². The van der Waals surface area contributed by atoms with Crippen molar-refractivity contribution in [3.63, 3.8) is 0 Å². The molecule has 4 heteroatoms. The Kier molecular flexibility index (Phi) is 2.50. The van der Waals surface area contributed by atoms with E-state index < -0.39 is 22.7 Å². The Balaban J connectivity index is 1.66. The van der Waals surface area contributed by atoms with Gasteiger partial charge in [-0.3, -0.25) is 4.79 Å². The molecule has 1 atom stereocenters. The van der Waals surface area contributed by atoms with E-state index >= 15 is 0 Å². The quantitative estimate of drug-likeness (QED) is 0.782. The highest BCUT2D eigenvalue weighted by atomic mass is 19.3. The van der Waals surface area contributed by atoms with E-state index in [2.05, 4.69) is 0 Å². The van der Waals surface area contributed by atoms with E-state index in [0.717, 1.165) is 5.56 Å². The molecule has 1 spiro atoms. The van der Waals surface area contributed by atoms with Crippen LogP contribution >= 0.6 is 0 Å². The van der Waals surface area contributed by atoms with Crippen molar-refractivity contribution in [2.24, 2.45) is 10.8 Å². The predicted molar refractivity (Wildman–Crippen MR) is 65.6 cm³/mol. The molecule has 1 aromatic carbocycles. The molecule has 0 saturated heterocycles. The zero-order valence-corrected chi connectivity index (χ0v) is 10.8. The zero-order chi connectivity index (χ0) is 13.7. The van der Waals surface area contributed by atoms with Crippen LogP contribution in [-0.2, 0) is 16.1 Å². The molecule has 2 nitrogen and oxygen atoms in total. The van der Waals surface area contributed by atoms with Crippen molar-refractivity contribution in [2.75, 3.05) is 0 Å². The van der Waals surface area contributed by atoms with E-state index in [-0.39, 0.29) is 13.0 Å². The van der Waals surface area contributed by atoms with Gasteiger partial charge in [-0.05, 0) is 25.3 Å². The Morgan fingerprint density at radius 2 is 1.89 bits per heavy atom. The summed E-state index contributed by atoms with van der Waals surface area (Å²) in [5, 5.41) is 0. The van der Waals surface area contributed by atoms with Crippen LogP contribution in [0.15, 0.2) is 30.3 Å². The highest BCUT2D eigenvalue weighted by Crippen LogP contribution is 2.78. The number of halogens is 2. The zero-order valence-electron chi connectivity index (χ0n) is 10.8. The summed E-state index contributed by atoms with van der Waals surface area (Å²) >= 11 is 0. The first-order valence-corrected chi connectivity index (χ1v) is 6.50. The number of hydrogen-bond donors (Lipinski definition) is 0. The van der Waals surface area contributed by atoms with Crippen LogP contribution in [0.4, 0.5) is 8.78 Å². The van der Waals surface area contributed by atoms with Crippen LogP contribution in [0.25, 0.3) is 0 Å². The topological polar surface area (TPSA) is 26.3 Å². The van der Waals surface area contributed by atoms with Gasteiger partial charge in [-0.25, -0.2) is 8.78 Å². The summed E-state index contributed by atoms with van der Waals surface area (Å²) in [6, 6.07) is 9.27. The molecule has 0 heterocycles. The lowest BCUT2D eigenvalue weighted by Gasteiger charge is -2.51. The minimum atomic E-state index is -2.70. The Morgan fingerprint density at radius 1 is 1.26 bits per heavy atom. The summed E-state index contributed by atoms with van der Waals surface area (Å²) in [7, 11) is 0. The van der Waals surface area contributed by atoms with Crippen molar-refractivity contribution in [2.45, 2.75) is 38.7 Å². The van der Waals surface area contributed by atoms with Gasteiger partial charge in [-0.1, -0.05) is 30.3 Å². The number of esters is 1. The lowest BCUT2D eigenvalue weighted by molar-refractivity contribution is -0.246. The molecular weight excluding hydrogens is 250 g/mol. The van der Waals surface area contributed by atoms with Gasteiger partial charge in [-0.2, -0.15) is 0 Å². The van der Waals surface area contributed by atoms with E-state index in [1.807, 2.05) is 30.3 Å². The molecule has 0 bridgehead atoms. The van der Waals surface area contributed by atoms with Crippen LogP contribution < -0.4 is 0 Å². The van der Waals surface area contributed by atoms with E-state index in [0.29, 0.717) is 12.8 Å². The average molecular weight is 266 g/mol. The number of alkyl halides is 2. The molecule has 102 valence electrons. The van der Waals surface area contributed by atoms with Crippen molar-refractivity contribution in [1.29, 1.82) is 0 Å². The number of carbonyl (C=O) groups is 1. The minimum Gasteiger partial charge on any atom is -0.460 e. The van der Waals surface area contributed by atoms with Gasteiger partial charge < -0.3 is 4.74 Å². The number of benzene rings is 1. The van der Waals surface area contributed by atoms with Gasteiger partial charge in [0.15, 0.2) is 0 Å². The largest absolute Gasteiger partial charge is 0.460 e. The van der Waals surface area contributed by atoms with Crippen molar-refractivity contribution >= 4 is 5.97 Å². The van der Waals surface area contributed by atoms with Gasteiger partial charge >= 0.3 is 5.97 Å². The predicted octanol–water partition coefficient (Wildman–Crippen LogP) is 3.56. The smallest absolute Gasteiger partial charge is 0.313 e. The molecule has 2 fully saturated rings. The summed E-state index contributed by atoms with van der Waals surface area (Å²) in [6.45, 7) is 1.77. The lowest BCUT2D eigenvalue weighted by Crippen LogP contribution is -2.61. The highest BCUT2D eigenvalue weighted by molar-refractivity contribution is 5.80. The minimum absolute atomic E-state index is 0.150. The fourth-order valence-electron chi connectivity index (χ4n) is 3.27. The fourth-order valence-corrected chi connectivity index (χ4v) is 3.27. The van der Waals surface area contributed by atoms with Gasteiger partial charge in [0.05, 0.1) is 10.8 Å². The molecule has 2 aliphatic carbocycles. The summed E-state index contributed by atoms with van der Waals surface area (Å²) in [4.78, 5) is 12.1. The van der Waals surface area contributed by atoms with Crippen LogP contribution in [0, 0.1) is 10.8 Å². The lowest BCUT2D eigenvalue weighted by atomic mass is 9.55. The summed E-state index contributed by atoms with van der Waals surface area (Å²) in [5.41, 5.74) is -1.26. The van der Waals surface area contributed by atoms with Crippen LogP contribution in [-0.4, -0.2) is 11.9 Å². The summed E-state index contributed by atoms with van der Waals surface area (Å²) in [6.07, 6.45) is 0.474. The maximum atomic E-state index is 13.6. The number of ether oxygens (including phenoxy) is 1. The third-order valence-corrected chi connectivity index (χ3v) is 4.75. The SMILES string of the molecule is CC1(C(=O)OCc2ccccc2)CC(F)(F)C12CC2. The van der Waals surface area contributed by atoms with E-state index in [9.17, 15) is 13.6 Å². The summed E-state index contributed by atoms with van der Waals surface area (Å²) in [5.74, 6) is -3.19. The van der Waals surface area contributed by atoms with Crippen LogP contribution in [0.3, 0.4) is 0 Å². The van der Waals surface area contributed by atoms with Crippen molar-refractivity contribution < 1.29 is 18.3 Å². The van der Waals surface area contributed by atoms with Gasteiger partial charge in [0, 0.05) is 6.42 Å². The summed E-state index contributed by atoms with van der Waals surface area (Å²) < 4.78 is 32.4. The second-order valence-corrected chi connectivity index (χ2v) is 5.86. The Bertz CT molecular complexity index is 508. The highest BCUT2D eigenvalue weighted by Gasteiger charge is 2.83. The maximum absolute atomic E-state index is 13.6. The molecule has 0 aromatic heterocycles. The van der Waals surface area contributed by atoms with Crippen LogP contribution in [0.5, 0.6) is 0 Å². The van der Waals surface area contributed by atoms with Gasteiger partial charge in [-0.15, -0.1) is 0 Å². The average Bonchev–Trinajstić information content (AvgIpc) is 3.19. The van der Waals surface area contributed by atoms with Crippen molar-refractivity contribution in [3.05, 3.63) is 35.9 Å². The van der Waals surface area contributed by atoms with Gasteiger partial charge in [0.1, 0.15) is 6.61 Å². The van der Waals surface area contributed by atoms with Gasteiger partial charge in [0.25, 0.3) is 5.92 Å². The number of rotatable bonds is 3. The second-order valence-electron chi connectivity index (χ2n) is 5.86. The maximum Gasteiger partial charge on any atom is 0.313 e. The fraction of sp³-hybridized carbons (Fsp3) is 0.533. The molecule has 2 aliphatic rings. The van der Waals surface area contributed by atoms with Gasteiger partial charge in [0.2, 0.25) is 0 Å². The Morgan fingerprint density at radius 3 is 2.42 bits per heavy atom. The van der Waals surface area contributed by atoms with E-state index in [1.54, 1.807) is 6.92 Å². The molecule has 1 unspecified atom stereocenters. The standard InChI is InChI=1S/C15H16F2O2/c1-13(10-15(16,17)14(13)7-8-14)12(18)19-9-11-5-3-2-4-6-11/h2-6H,7-10H2,1H3. The molecule has 0 N–H and O–H groups in total. The third-order valence-electron chi connectivity index (χ3n) is 4.75. The molecule has 2 saturated carbocycles. The molecule has 0 amide bonds. The monoisotopic (exact) mass is 266 g/mol. The van der Waals surface area contributed by atoms with Crippen LogP contribution in [0.2, 0.25) is 0 Å². The van der Waals surface area contributed by atoms with E-state index in [1.165, 1.54) is 0 Å². The molecule has 19 heavy (non-hydrogen) atoms. The molecule has 0 radical (unpaired) electrons. The Hall–Kier alpha value is -1.45. The van der Waals surface area contributed by atoms with E-state index in [4.69, 9.17) is 4.74 Å². The molecular formula is C15H16F2O2. The second kappa shape index (κ2) is 3.78. The Labute approximate surface area is 110 Å². The molecule has 1 aromatic rings. The first kappa shape index (κ1) is 12.6. The molecule has 3 rings (SSSR count). The third kappa shape index (κ3) is 1.62. The molecule has 0 aliphatic heterocycles. The first-order valence-electron chi connectivity index (χ1n) is 6.50. The normalized spacial score (nSPS) is 29.6. The van der Waals surface area contributed by atoms with Crippen molar-refractivity contribution in [1.82, 2.24) is 0 Å². The number of hydrogen-bond acceptors (Lipinski definition) is 2. The first-order chi connectivity index (χ1) is 8.91.